The lowest BCUT2D eigenvalue weighted by atomic mass is 10.2. The van der Waals surface area contributed by atoms with Gasteiger partial charge in [-0.1, -0.05) is 0 Å². The van der Waals surface area contributed by atoms with Crippen LogP contribution in [-0.2, 0) is 7.05 Å². The predicted octanol–water partition coefficient (Wildman–Crippen LogP) is 2.86. The first kappa shape index (κ1) is 11.4. The maximum atomic E-state index is 4.46. The van der Waals surface area contributed by atoms with Gasteiger partial charge in [0.2, 0.25) is 0 Å². The highest BCUT2D eigenvalue weighted by molar-refractivity contribution is 7.08. The summed E-state index contributed by atoms with van der Waals surface area (Å²) in [5, 5.41) is 8.36. The average molecular weight is 281 g/mol. The molecule has 0 amide bonds. The molecule has 0 radical (unpaired) electrons. The van der Waals surface area contributed by atoms with Crippen molar-refractivity contribution in [2.45, 2.75) is 0 Å². The fourth-order valence-corrected chi connectivity index (χ4v) is 2.87. The summed E-state index contributed by atoms with van der Waals surface area (Å²) in [6, 6.07) is 2.07. The van der Waals surface area contributed by atoms with E-state index in [1.807, 2.05) is 31.8 Å². The molecule has 4 rings (SSSR count). The Balaban J connectivity index is 1.92. The lowest BCUT2D eigenvalue weighted by Gasteiger charge is -2.02. The van der Waals surface area contributed by atoms with Crippen LogP contribution in [0.5, 0.6) is 0 Å². The van der Waals surface area contributed by atoms with Crippen molar-refractivity contribution >= 4 is 17.0 Å². The van der Waals surface area contributed by atoms with Gasteiger partial charge in [0.25, 0.3) is 0 Å². The monoisotopic (exact) mass is 281 g/mol. The van der Waals surface area contributed by atoms with E-state index in [1.54, 1.807) is 22.2 Å². The van der Waals surface area contributed by atoms with E-state index in [1.165, 1.54) is 0 Å². The minimum absolute atomic E-state index is 0.836. The van der Waals surface area contributed by atoms with Crippen LogP contribution in [0.3, 0.4) is 0 Å². The second kappa shape index (κ2) is 4.28. The fraction of sp³-hybridized carbons (Fsp3) is 0.0714. The van der Waals surface area contributed by atoms with Crippen LogP contribution in [0.15, 0.2) is 47.8 Å². The first-order chi connectivity index (χ1) is 9.81. The second-order valence-electron chi connectivity index (χ2n) is 4.56. The standard InChI is InChI=1S/C14H11N5S/c1-18-7-11(4-17-18)13-5-16-14-6-15-12(8-19(13)14)10-2-3-20-9-10/h2-9H,1H3. The molecule has 98 valence electrons. The number of aryl methyl sites for hydroxylation is 1. The summed E-state index contributed by atoms with van der Waals surface area (Å²) in [4.78, 5) is 8.86. The molecule has 0 unspecified atom stereocenters. The molecule has 0 aliphatic heterocycles. The summed E-state index contributed by atoms with van der Waals surface area (Å²) in [7, 11) is 1.91. The largest absolute Gasteiger partial charge is 0.296 e. The molecular formula is C14H11N5S. The average Bonchev–Trinajstić information content (AvgIpc) is 3.17. The number of hydrogen-bond acceptors (Lipinski definition) is 4. The van der Waals surface area contributed by atoms with Crippen LogP contribution in [0.1, 0.15) is 0 Å². The fourth-order valence-electron chi connectivity index (χ4n) is 2.22. The van der Waals surface area contributed by atoms with E-state index in [-0.39, 0.29) is 0 Å². The summed E-state index contributed by atoms with van der Waals surface area (Å²) in [6.45, 7) is 0. The molecule has 0 atom stereocenters. The van der Waals surface area contributed by atoms with Crippen molar-refractivity contribution < 1.29 is 0 Å². The molecule has 4 aromatic heterocycles. The van der Waals surface area contributed by atoms with Gasteiger partial charge in [-0.3, -0.25) is 14.1 Å². The van der Waals surface area contributed by atoms with Crippen molar-refractivity contribution in [3.63, 3.8) is 0 Å². The smallest absolute Gasteiger partial charge is 0.155 e. The lowest BCUT2D eigenvalue weighted by molar-refractivity contribution is 0.768. The first-order valence-corrected chi connectivity index (χ1v) is 7.10. The van der Waals surface area contributed by atoms with E-state index in [0.29, 0.717) is 0 Å². The van der Waals surface area contributed by atoms with Crippen LogP contribution in [0.2, 0.25) is 0 Å². The molecule has 0 saturated heterocycles. The Morgan fingerprint density at radius 2 is 2.00 bits per heavy atom. The summed E-state index contributed by atoms with van der Waals surface area (Å²) in [5.74, 6) is 0. The quantitative estimate of drug-likeness (QED) is 0.567. The van der Waals surface area contributed by atoms with Gasteiger partial charge in [-0.15, -0.1) is 0 Å². The van der Waals surface area contributed by atoms with Gasteiger partial charge < -0.3 is 0 Å². The predicted molar refractivity (Wildman–Crippen MR) is 78.5 cm³/mol. The Bertz CT molecular complexity index is 872. The van der Waals surface area contributed by atoms with Gasteiger partial charge in [-0.2, -0.15) is 16.4 Å². The molecule has 0 aliphatic rings. The summed E-state index contributed by atoms with van der Waals surface area (Å²) >= 11 is 1.67. The van der Waals surface area contributed by atoms with E-state index in [2.05, 4.69) is 36.3 Å². The molecular weight excluding hydrogens is 270 g/mol. The van der Waals surface area contributed by atoms with Crippen molar-refractivity contribution in [2.24, 2.45) is 7.05 Å². The minimum atomic E-state index is 0.836. The van der Waals surface area contributed by atoms with Crippen LogP contribution >= 0.6 is 11.3 Å². The maximum Gasteiger partial charge on any atom is 0.155 e. The van der Waals surface area contributed by atoms with Crippen molar-refractivity contribution in [1.29, 1.82) is 0 Å². The van der Waals surface area contributed by atoms with Crippen LogP contribution in [0.25, 0.3) is 28.2 Å². The molecule has 4 aromatic rings. The van der Waals surface area contributed by atoms with Gasteiger partial charge >= 0.3 is 0 Å². The Labute approximate surface area is 119 Å². The number of thiophene rings is 1. The van der Waals surface area contributed by atoms with Gasteiger partial charge in [0.15, 0.2) is 5.65 Å². The third kappa shape index (κ3) is 1.73. The molecule has 0 aliphatic carbocycles. The number of hydrogen-bond donors (Lipinski definition) is 0. The number of rotatable bonds is 2. The van der Waals surface area contributed by atoms with E-state index in [9.17, 15) is 0 Å². The van der Waals surface area contributed by atoms with Crippen LogP contribution < -0.4 is 0 Å². The van der Waals surface area contributed by atoms with Crippen molar-refractivity contribution in [3.05, 3.63) is 47.8 Å². The molecule has 6 heteroatoms. The van der Waals surface area contributed by atoms with E-state index < -0.39 is 0 Å². The number of imidazole rings is 1. The van der Waals surface area contributed by atoms with Gasteiger partial charge in [-0.25, -0.2) is 4.98 Å². The second-order valence-corrected chi connectivity index (χ2v) is 5.34. The van der Waals surface area contributed by atoms with Gasteiger partial charge in [0.1, 0.15) is 0 Å². The number of fused-ring (bicyclic) bond motifs is 1. The van der Waals surface area contributed by atoms with E-state index >= 15 is 0 Å². The molecule has 0 saturated carbocycles. The highest BCUT2D eigenvalue weighted by Crippen LogP contribution is 2.24. The molecule has 0 spiro atoms. The van der Waals surface area contributed by atoms with Gasteiger partial charge in [0.05, 0.1) is 30.0 Å². The zero-order chi connectivity index (χ0) is 13.5. The topological polar surface area (TPSA) is 48.0 Å². The number of aromatic nitrogens is 5. The molecule has 0 N–H and O–H groups in total. The van der Waals surface area contributed by atoms with Crippen LogP contribution in [-0.4, -0.2) is 24.1 Å². The molecule has 20 heavy (non-hydrogen) atoms. The van der Waals surface area contributed by atoms with E-state index in [0.717, 1.165) is 28.2 Å². The normalized spacial score (nSPS) is 11.2. The lowest BCUT2D eigenvalue weighted by Crippen LogP contribution is -1.91. The molecule has 4 heterocycles. The highest BCUT2D eigenvalue weighted by atomic mass is 32.1. The Morgan fingerprint density at radius 1 is 1.05 bits per heavy atom. The SMILES string of the molecule is Cn1cc(-c2cnc3cnc(-c4ccsc4)cn23)cn1. The summed E-state index contributed by atoms with van der Waals surface area (Å²) in [5.41, 5.74) is 4.97. The van der Waals surface area contributed by atoms with Crippen molar-refractivity contribution in [3.8, 4) is 22.5 Å². The van der Waals surface area contributed by atoms with Crippen LogP contribution in [0.4, 0.5) is 0 Å². The van der Waals surface area contributed by atoms with Gasteiger partial charge in [-0.05, 0) is 11.4 Å². The Kier molecular flexibility index (Phi) is 2.43. The first-order valence-electron chi connectivity index (χ1n) is 6.16. The van der Waals surface area contributed by atoms with E-state index in [4.69, 9.17) is 0 Å². The maximum absolute atomic E-state index is 4.46. The third-order valence-corrected chi connectivity index (χ3v) is 3.90. The van der Waals surface area contributed by atoms with Crippen LogP contribution in [0, 0.1) is 0 Å². The number of nitrogens with zero attached hydrogens (tertiary/aromatic N) is 5. The summed E-state index contributed by atoms with van der Waals surface area (Å²) < 4.78 is 3.84. The molecule has 0 fully saturated rings. The van der Waals surface area contributed by atoms with Crippen molar-refractivity contribution in [2.75, 3.05) is 0 Å². The Hall–Kier alpha value is -2.47. The Morgan fingerprint density at radius 3 is 2.75 bits per heavy atom. The highest BCUT2D eigenvalue weighted by Gasteiger charge is 2.09. The van der Waals surface area contributed by atoms with Crippen molar-refractivity contribution in [1.82, 2.24) is 24.1 Å². The minimum Gasteiger partial charge on any atom is -0.296 e. The third-order valence-electron chi connectivity index (χ3n) is 3.21. The summed E-state index contributed by atoms with van der Waals surface area (Å²) in [6.07, 6.45) is 9.49. The zero-order valence-electron chi connectivity index (χ0n) is 10.8. The zero-order valence-corrected chi connectivity index (χ0v) is 11.6. The molecule has 0 bridgehead atoms. The molecule has 5 nitrogen and oxygen atoms in total. The molecule has 0 aromatic carbocycles. The van der Waals surface area contributed by atoms with Gasteiger partial charge in [0, 0.05) is 35.9 Å².